The van der Waals surface area contributed by atoms with E-state index in [1.807, 2.05) is 0 Å². The number of hydrogen-bond donors (Lipinski definition) is 0. The number of carbonyl (C=O) groups excluding carboxylic acids is 4. The Balaban J connectivity index is 2.85. The van der Waals surface area contributed by atoms with E-state index < -0.39 is 24.4 Å². The molecule has 9 nitrogen and oxygen atoms in total. The van der Waals surface area contributed by atoms with E-state index in [0.29, 0.717) is 19.3 Å². The standard InChI is InChI=1S/C78H148O9/c1-5-9-13-17-21-25-29-33-37-41-45-49-53-57-61-65-73(79)83-69-71(85-74(80)66-62-58-54-50-46-42-38-34-30-26-22-18-14-10-6-2)77-78(87-76(82)68-64-60-56-52-48-44-40-36-32-28-24-20-16-12-8-4)72(70-84-77)86-75(81)67-63-59-55-51-47-43-39-35-31-27-23-19-15-11-7-3/h71-72,77-78H,5-70H2,1-4H3/t71?,72-,77-,78+/m1/s1. The lowest BCUT2D eigenvalue weighted by Crippen LogP contribution is -2.47. The molecule has 1 fully saturated rings. The van der Waals surface area contributed by atoms with Gasteiger partial charge in [-0.2, -0.15) is 0 Å². The zero-order chi connectivity index (χ0) is 62.8. The molecule has 0 amide bonds. The third kappa shape index (κ3) is 56.3. The molecule has 1 rings (SSSR count). The molecule has 1 saturated heterocycles. The first-order valence-corrected chi connectivity index (χ1v) is 39.2. The van der Waals surface area contributed by atoms with Crippen molar-refractivity contribution in [3.63, 3.8) is 0 Å². The van der Waals surface area contributed by atoms with Crippen molar-refractivity contribution in [3.05, 3.63) is 0 Å². The maximum absolute atomic E-state index is 13.7. The lowest BCUT2D eigenvalue weighted by molar-refractivity contribution is -0.179. The normalized spacial score (nSPS) is 15.3. The van der Waals surface area contributed by atoms with E-state index in [1.54, 1.807) is 0 Å². The van der Waals surface area contributed by atoms with Crippen molar-refractivity contribution in [1.29, 1.82) is 0 Å². The minimum absolute atomic E-state index is 0.00629. The predicted molar refractivity (Wildman–Crippen MR) is 369 cm³/mol. The second kappa shape index (κ2) is 66.8. The number of unbranched alkanes of at least 4 members (excludes halogenated alkanes) is 56. The zero-order valence-corrected chi connectivity index (χ0v) is 58.7. The average Bonchev–Trinajstić information content (AvgIpc) is 2.48. The highest BCUT2D eigenvalue weighted by molar-refractivity contribution is 5.71. The van der Waals surface area contributed by atoms with Gasteiger partial charge < -0.3 is 23.7 Å². The highest BCUT2D eigenvalue weighted by Gasteiger charge is 2.48. The molecule has 0 radical (unpaired) electrons. The van der Waals surface area contributed by atoms with Crippen molar-refractivity contribution in [2.24, 2.45) is 0 Å². The van der Waals surface area contributed by atoms with E-state index in [2.05, 4.69) is 27.7 Å². The topological polar surface area (TPSA) is 114 Å². The number of hydrogen-bond acceptors (Lipinski definition) is 9. The second-order valence-corrected chi connectivity index (χ2v) is 27.3. The van der Waals surface area contributed by atoms with E-state index in [0.717, 1.165) is 64.2 Å². The van der Waals surface area contributed by atoms with Crippen molar-refractivity contribution in [2.45, 2.75) is 463 Å². The number of esters is 4. The summed E-state index contributed by atoms with van der Waals surface area (Å²) < 4.78 is 30.7. The lowest BCUT2D eigenvalue weighted by atomic mass is 10.0. The first kappa shape index (κ1) is 82.9. The summed E-state index contributed by atoms with van der Waals surface area (Å²) in [5, 5.41) is 0. The van der Waals surface area contributed by atoms with Crippen molar-refractivity contribution in [2.75, 3.05) is 13.2 Å². The molecule has 1 aliphatic heterocycles. The molecular weight excluding hydrogens is 1080 g/mol. The molecule has 0 aliphatic carbocycles. The van der Waals surface area contributed by atoms with Gasteiger partial charge in [-0.3, -0.25) is 19.2 Å². The summed E-state index contributed by atoms with van der Waals surface area (Å²) in [6.07, 6.45) is 72.1. The summed E-state index contributed by atoms with van der Waals surface area (Å²) in [5.41, 5.74) is 0. The Labute approximate surface area is 540 Å². The Hall–Kier alpha value is -2.16. The molecule has 0 aromatic rings. The largest absolute Gasteiger partial charge is 0.462 e. The Morgan fingerprint density at radius 1 is 0.287 bits per heavy atom. The van der Waals surface area contributed by atoms with E-state index in [9.17, 15) is 19.2 Å². The number of ether oxygens (including phenoxy) is 5. The van der Waals surface area contributed by atoms with E-state index >= 15 is 0 Å². The first-order chi connectivity index (χ1) is 42.9. The molecule has 0 spiro atoms. The number of carbonyl (C=O) groups is 4. The average molecular weight is 1230 g/mol. The zero-order valence-electron chi connectivity index (χ0n) is 58.7. The molecule has 1 heterocycles. The van der Waals surface area contributed by atoms with Gasteiger partial charge in [0.15, 0.2) is 18.3 Å². The summed E-state index contributed by atoms with van der Waals surface area (Å²) in [6.45, 7) is 8.90. The third-order valence-electron chi connectivity index (χ3n) is 18.7. The van der Waals surface area contributed by atoms with Crippen LogP contribution in [-0.2, 0) is 42.9 Å². The Bertz CT molecular complexity index is 1470. The molecule has 0 aromatic carbocycles. The van der Waals surface area contributed by atoms with Crippen LogP contribution in [0.1, 0.15) is 439 Å². The van der Waals surface area contributed by atoms with Gasteiger partial charge in [0.05, 0.1) is 6.61 Å². The van der Waals surface area contributed by atoms with E-state index in [4.69, 9.17) is 23.7 Å². The van der Waals surface area contributed by atoms with Crippen LogP contribution in [0.15, 0.2) is 0 Å². The van der Waals surface area contributed by atoms with Gasteiger partial charge in [0.1, 0.15) is 12.7 Å². The molecule has 1 aliphatic rings. The molecule has 0 saturated carbocycles. The van der Waals surface area contributed by atoms with Crippen LogP contribution in [-0.4, -0.2) is 61.5 Å². The monoisotopic (exact) mass is 1230 g/mol. The first-order valence-electron chi connectivity index (χ1n) is 39.2. The van der Waals surface area contributed by atoms with Gasteiger partial charge in [-0.25, -0.2) is 0 Å². The van der Waals surface area contributed by atoms with Gasteiger partial charge in [0.2, 0.25) is 0 Å². The van der Waals surface area contributed by atoms with Gasteiger partial charge in [0, 0.05) is 25.7 Å². The maximum atomic E-state index is 13.7. The molecule has 0 aromatic heterocycles. The summed E-state index contributed by atoms with van der Waals surface area (Å²) in [7, 11) is 0. The molecule has 1 unspecified atom stereocenters. The molecule has 9 heteroatoms. The van der Waals surface area contributed by atoms with Gasteiger partial charge in [-0.15, -0.1) is 0 Å². The van der Waals surface area contributed by atoms with Crippen molar-refractivity contribution < 1.29 is 42.9 Å². The summed E-state index contributed by atoms with van der Waals surface area (Å²) in [6, 6.07) is 0. The Morgan fingerprint density at radius 3 is 0.770 bits per heavy atom. The minimum atomic E-state index is -1.01. The second-order valence-electron chi connectivity index (χ2n) is 27.3. The van der Waals surface area contributed by atoms with Crippen LogP contribution >= 0.6 is 0 Å². The highest BCUT2D eigenvalue weighted by atomic mass is 16.7. The molecule has 514 valence electrons. The van der Waals surface area contributed by atoms with Gasteiger partial charge >= 0.3 is 23.9 Å². The molecule has 0 N–H and O–H groups in total. The van der Waals surface area contributed by atoms with E-state index in [-0.39, 0.29) is 56.4 Å². The summed E-state index contributed by atoms with van der Waals surface area (Å²) >= 11 is 0. The molecule has 87 heavy (non-hydrogen) atoms. The Morgan fingerprint density at radius 2 is 0.506 bits per heavy atom. The molecular formula is C78H148O9. The fourth-order valence-electron chi connectivity index (χ4n) is 12.8. The van der Waals surface area contributed by atoms with Crippen molar-refractivity contribution in [3.8, 4) is 0 Å². The molecule has 0 bridgehead atoms. The van der Waals surface area contributed by atoms with E-state index in [1.165, 1.54) is 308 Å². The highest BCUT2D eigenvalue weighted by Crippen LogP contribution is 2.28. The SMILES string of the molecule is CCCCCCCCCCCCCCCCCC(=O)OCC(OC(=O)CCCCCCCCCCCCCCCCC)[C@H]1OC[C@@H](OC(=O)CCCCCCCCCCCCCCCCC)[C@@H]1OC(=O)CCCCCCCCCCCCCCCCC. The van der Waals surface area contributed by atoms with Crippen molar-refractivity contribution >= 4 is 23.9 Å². The van der Waals surface area contributed by atoms with Gasteiger partial charge in [0.25, 0.3) is 0 Å². The summed E-state index contributed by atoms with van der Waals surface area (Å²) in [5.74, 6) is -1.42. The van der Waals surface area contributed by atoms with Crippen LogP contribution < -0.4 is 0 Å². The van der Waals surface area contributed by atoms with Crippen LogP contribution in [0.4, 0.5) is 0 Å². The fourth-order valence-corrected chi connectivity index (χ4v) is 12.8. The van der Waals surface area contributed by atoms with Crippen LogP contribution in [0.3, 0.4) is 0 Å². The summed E-state index contributed by atoms with van der Waals surface area (Å²) in [4.78, 5) is 54.2. The molecule has 4 atom stereocenters. The predicted octanol–water partition coefficient (Wildman–Crippen LogP) is 24.7. The quantitative estimate of drug-likeness (QED) is 0.0334. The smallest absolute Gasteiger partial charge is 0.306 e. The Kier molecular flexibility index (Phi) is 63.6. The number of rotatable bonds is 70. The minimum Gasteiger partial charge on any atom is -0.462 e. The van der Waals surface area contributed by atoms with Gasteiger partial charge in [-0.1, -0.05) is 387 Å². The third-order valence-corrected chi connectivity index (χ3v) is 18.7. The van der Waals surface area contributed by atoms with Crippen LogP contribution in [0.2, 0.25) is 0 Å². The van der Waals surface area contributed by atoms with Crippen LogP contribution in [0.25, 0.3) is 0 Å². The van der Waals surface area contributed by atoms with Crippen LogP contribution in [0.5, 0.6) is 0 Å². The van der Waals surface area contributed by atoms with Crippen molar-refractivity contribution in [1.82, 2.24) is 0 Å². The van der Waals surface area contributed by atoms with Gasteiger partial charge in [-0.05, 0) is 25.7 Å². The lowest BCUT2D eigenvalue weighted by Gasteiger charge is -2.28. The van der Waals surface area contributed by atoms with Crippen LogP contribution in [0, 0.1) is 0 Å². The fraction of sp³-hybridized carbons (Fsp3) is 0.949. The maximum Gasteiger partial charge on any atom is 0.306 e.